The highest BCUT2D eigenvalue weighted by atomic mass is 31.2. The van der Waals surface area contributed by atoms with Crippen LogP contribution < -0.4 is 5.32 Å². The molecule has 0 aliphatic rings. The lowest BCUT2D eigenvalue weighted by molar-refractivity contribution is -0.870. The Kier molecular flexibility index (Phi) is 26.0. The first-order valence-electron chi connectivity index (χ1n) is 16.3. The number of carbonyl (C=O) groups is 1. The number of hydrogen-bond donors (Lipinski definition) is 3. The number of allylic oxidation sites excluding steroid dienone is 10. The second-order valence-corrected chi connectivity index (χ2v) is 13.3. The first-order valence-corrected chi connectivity index (χ1v) is 17.8. The van der Waals surface area contributed by atoms with Crippen LogP contribution in [0.5, 0.6) is 0 Å². The molecule has 0 aromatic carbocycles. The normalized spacial score (nSPS) is 15.9. The molecule has 0 fully saturated rings. The van der Waals surface area contributed by atoms with Gasteiger partial charge in [-0.1, -0.05) is 112 Å². The Hall–Kier alpha value is -2.06. The number of amides is 1. The highest BCUT2D eigenvalue weighted by molar-refractivity contribution is 7.47. The van der Waals surface area contributed by atoms with Crippen molar-refractivity contribution in [1.29, 1.82) is 0 Å². The highest BCUT2D eigenvalue weighted by Crippen LogP contribution is 2.43. The molecular weight excluding hydrogens is 575 g/mol. The maximum Gasteiger partial charge on any atom is 0.472 e. The summed E-state index contributed by atoms with van der Waals surface area (Å²) in [5.74, 6) is -0.314. The molecule has 8 nitrogen and oxygen atoms in total. The van der Waals surface area contributed by atoms with Gasteiger partial charge in [-0.05, 0) is 44.9 Å². The fourth-order valence-electron chi connectivity index (χ4n) is 3.81. The van der Waals surface area contributed by atoms with Gasteiger partial charge in [-0.3, -0.25) is 13.8 Å². The van der Waals surface area contributed by atoms with Gasteiger partial charge in [-0.15, -0.1) is 0 Å². The van der Waals surface area contributed by atoms with Crippen molar-refractivity contribution in [2.45, 2.75) is 103 Å². The molecular formula is C35H62N2O6P+. The van der Waals surface area contributed by atoms with Crippen LogP contribution in [0.4, 0.5) is 0 Å². The largest absolute Gasteiger partial charge is 0.472 e. The standard InChI is InChI=1S/C35H61N2O6P/c1-6-8-10-12-14-15-16-17-18-19-20-21-23-25-27-29-35(39)36-33(34(38)28-26-24-22-13-11-9-7-2)32-43-44(40,41)42-31-30-37(3,4)5/h8,10,14-15,17-18,20-21,25-28,33-34,38H,6-7,9,11-13,16,19,22-24,29-32H2,1-5H3,(H-,36,39,40,41)/p+1/b10-8-,15-14-,18-17-,21-20-,27-25-,28-26+. The summed E-state index contributed by atoms with van der Waals surface area (Å²) in [5.41, 5.74) is 0. The van der Waals surface area contributed by atoms with E-state index in [1.165, 1.54) is 19.3 Å². The number of carbonyl (C=O) groups excluding carboxylic acids is 1. The van der Waals surface area contributed by atoms with Crippen molar-refractivity contribution in [2.24, 2.45) is 0 Å². The Bertz CT molecular complexity index is 949. The van der Waals surface area contributed by atoms with Gasteiger partial charge in [0, 0.05) is 6.42 Å². The average Bonchev–Trinajstić information content (AvgIpc) is 2.95. The lowest BCUT2D eigenvalue weighted by Crippen LogP contribution is -2.45. The molecule has 0 rings (SSSR count). The zero-order valence-electron chi connectivity index (χ0n) is 28.1. The van der Waals surface area contributed by atoms with Gasteiger partial charge < -0.3 is 19.8 Å². The van der Waals surface area contributed by atoms with Crippen LogP contribution in [-0.4, -0.2) is 73.4 Å². The molecule has 9 heteroatoms. The molecule has 1 amide bonds. The van der Waals surface area contributed by atoms with Crippen LogP contribution in [0.25, 0.3) is 0 Å². The van der Waals surface area contributed by atoms with Crippen LogP contribution in [0.1, 0.15) is 90.9 Å². The molecule has 0 bridgehead atoms. The Morgan fingerprint density at radius 2 is 1.34 bits per heavy atom. The molecule has 0 aromatic rings. The monoisotopic (exact) mass is 637 g/mol. The minimum Gasteiger partial charge on any atom is -0.387 e. The van der Waals surface area contributed by atoms with E-state index >= 15 is 0 Å². The summed E-state index contributed by atoms with van der Waals surface area (Å²) in [5, 5.41) is 13.5. The number of unbranched alkanes of at least 4 members (excludes halogenated alkanes) is 5. The number of quaternary nitrogens is 1. The predicted molar refractivity (Wildman–Crippen MR) is 184 cm³/mol. The topological polar surface area (TPSA) is 105 Å². The fraction of sp³-hybridized carbons (Fsp3) is 0.629. The maximum atomic E-state index is 12.6. The summed E-state index contributed by atoms with van der Waals surface area (Å²) in [6, 6.07) is -0.899. The molecule has 3 N–H and O–H groups in total. The van der Waals surface area contributed by atoms with E-state index in [2.05, 4.69) is 67.8 Å². The minimum absolute atomic E-state index is 0.0405. The smallest absolute Gasteiger partial charge is 0.387 e. The molecule has 44 heavy (non-hydrogen) atoms. The van der Waals surface area contributed by atoms with Crippen molar-refractivity contribution in [2.75, 3.05) is 40.9 Å². The quantitative estimate of drug-likeness (QED) is 0.0369. The summed E-state index contributed by atoms with van der Waals surface area (Å²) in [6.07, 6.45) is 34.4. The lowest BCUT2D eigenvalue weighted by atomic mass is 10.1. The van der Waals surface area contributed by atoms with E-state index < -0.39 is 20.0 Å². The van der Waals surface area contributed by atoms with Gasteiger partial charge in [0.05, 0.1) is 39.9 Å². The van der Waals surface area contributed by atoms with Crippen molar-refractivity contribution in [3.05, 3.63) is 72.9 Å². The van der Waals surface area contributed by atoms with E-state index in [0.717, 1.165) is 44.9 Å². The number of likely N-dealkylation sites (N-methyl/N-ethyl adjacent to an activating group) is 1. The number of phosphoric acid groups is 1. The molecule has 0 aliphatic heterocycles. The molecule has 252 valence electrons. The molecule has 0 aromatic heterocycles. The summed E-state index contributed by atoms with van der Waals surface area (Å²) < 4.78 is 23.2. The van der Waals surface area contributed by atoms with Crippen molar-refractivity contribution >= 4 is 13.7 Å². The molecule has 0 heterocycles. The Labute approximate surface area is 268 Å². The maximum absolute atomic E-state index is 12.6. The summed E-state index contributed by atoms with van der Waals surface area (Å²) >= 11 is 0. The molecule has 0 aliphatic carbocycles. The number of aliphatic hydroxyl groups is 1. The van der Waals surface area contributed by atoms with Gasteiger partial charge in [-0.2, -0.15) is 0 Å². The van der Waals surface area contributed by atoms with E-state index in [4.69, 9.17) is 9.05 Å². The Morgan fingerprint density at radius 1 is 0.795 bits per heavy atom. The van der Waals surface area contributed by atoms with Gasteiger partial charge >= 0.3 is 7.82 Å². The Balaban J connectivity index is 4.75. The van der Waals surface area contributed by atoms with E-state index in [1.807, 2.05) is 33.3 Å². The minimum atomic E-state index is -4.35. The highest BCUT2D eigenvalue weighted by Gasteiger charge is 2.27. The second kappa shape index (κ2) is 27.3. The summed E-state index contributed by atoms with van der Waals surface area (Å²) in [7, 11) is 1.49. The first-order chi connectivity index (χ1) is 21.0. The van der Waals surface area contributed by atoms with Crippen molar-refractivity contribution in [1.82, 2.24) is 5.32 Å². The van der Waals surface area contributed by atoms with Crippen LogP contribution in [-0.2, 0) is 18.4 Å². The zero-order valence-corrected chi connectivity index (χ0v) is 29.0. The lowest BCUT2D eigenvalue weighted by Gasteiger charge is -2.25. The molecule has 0 saturated heterocycles. The zero-order chi connectivity index (χ0) is 32.9. The van der Waals surface area contributed by atoms with Crippen LogP contribution in [0.3, 0.4) is 0 Å². The third-order valence-electron chi connectivity index (χ3n) is 6.46. The van der Waals surface area contributed by atoms with Crippen molar-refractivity contribution < 1.29 is 32.9 Å². The van der Waals surface area contributed by atoms with Crippen LogP contribution in [0.15, 0.2) is 72.9 Å². The van der Waals surface area contributed by atoms with Gasteiger partial charge in [0.25, 0.3) is 0 Å². The van der Waals surface area contributed by atoms with Gasteiger partial charge in [0.15, 0.2) is 0 Å². The summed E-state index contributed by atoms with van der Waals surface area (Å²) in [4.78, 5) is 22.7. The predicted octanol–water partition coefficient (Wildman–Crippen LogP) is 7.73. The van der Waals surface area contributed by atoms with Crippen LogP contribution in [0, 0.1) is 0 Å². The fourth-order valence-corrected chi connectivity index (χ4v) is 4.55. The number of phosphoric ester groups is 1. The molecule has 3 atom stereocenters. The number of hydrogen-bond acceptors (Lipinski definition) is 5. The number of nitrogens with one attached hydrogen (secondary N) is 1. The molecule has 0 spiro atoms. The molecule has 3 unspecified atom stereocenters. The number of rotatable bonds is 27. The average molecular weight is 638 g/mol. The van der Waals surface area contributed by atoms with Crippen molar-refractivity contribution in [3.63, 3.8) is 0 Å². The first kappa shape index (κ1) is 41.9. The molecule has 0 radical (unpaired) electrons. The third kappa shape index (κ3) is 28.7. The van der Waals surface area contributed by atoms with E-state index in [0.29, 0.717) is 17.4 Å². The molecule has 0 saturated carbocycles. The van der Waals surface area contributed by atoms with Crippen LogP contribution in [0.2, 0.25) is 0 Å². The van der Waals surface area contributed by atoms with Gasteiger partial charge in [0.2, 0.25) is 5.91 Å². The third-order valence-corrected chi connectivity index (χ3v) is 7.45. The number of nitrogens with zero attached hydrogens (tertiary/aromatic N) is 1. The van der Waals surface area contributed by atoms with E-state index in [1.54, 1.807) is 12.2 Å². The summed E-state index contributed by atoms with van der Waals surface area (Å²) in [6.45, 7) is 4.50. The number of aliphatic hydroxyl groups excluding tert-OH is 1. The van der Waals surface area contributed by atoms with Crippen LogP contribution >= 0.6 is 7.82 Å². The van der Waals surface area contributed by atoms with Gasteiger partial charge in [0.1, 0.15) is 13.2 Å². The van der Waals surface area contributed by atoms with E-state index in [9.17, 15) is 19.4 Å². The van der Waals surface area contributed by atoms with Gasteiger partial charge in [-0.25, -0.2) is 4.57 Å². The second-order valence-electron chi connectivity index (χ2n) is 11.8. The van der Waals surface area contributed by atoms with E-state index in [-0.39, 0.29) is 25.5 Å². The van der Waals surface area contributed by atoms with Crippen molar-refractivity contribution in [3.8, 4) is 0 Å². The SMILES string of the molecule is CC/C=C\C/C=C\C/C=C\C/C=C\C/C=C\CC(=O)NC(COP(=O)(O)OCC[N+](C)(C)C)C(O)/C=C/CCCCCCC. The Morgan fingerprint density at radius 3 is 1.89 bits per heavy atom.